The second kappa shape index (κ2) is 4.50. The average molecular weight is 248 g/mol. The fraction of sp³-hybridized carbons (Fsp3) is 0.182. The van der Waals surface area contributed by atoms with Gasteiger partial charge in [-0.25, -0.2) is 4.98 Å². The predicted octanol–water partition coefficient (Wildman–Crippen LogP) is 1.42. The first-order chi connectivity index (χ1) is 8.08. The van der Waals surface area contributed by atoms with Crippen LogP contribution >= 0.6 is 12.2 Å². The predicted molar refractivity (Wildman–Crippen MR) is 70.7 cm³/mol. The van der Waals surface area contributed by atoms with Gasteiger partial charge >= 0.3 is 0 Å². The second-order valence-electron chi connectivity index (χ2n) is 3.72. The zero-order valence-corrected chi connectivity index (χ0v) is 10.0. The van der Waals surface area contributed by atoms with Crippen molar-refractivity contribution in [3.63, 3.8) is 0 Å². The Morgan fingerprint density at radius 3 is 2.88 bits per heavy atom. The fourth-order valence-electron chi connectivity index (χ4n) is 1.37. The number of H-pyrrole nitrogens is 1. The lowest BCUT2D eigenvalue weighted by Crippen LogP contribution is -2.31. The quantitative estimate of drug-likeness (QED) is 0.717. The number of hydrogen-bond donors (Lipinski definition) is 3. The van der Waals surface area contributed by atoms with Crippen LogP contribution in [0, 0.1) is 5.92 Å². The molecule has 1 unspecified atom stereocenters. The van der Waals surface area contributed by atoms with Crippen molar-refractivity contribution in [3.8, 4) is 0 Å². The SMILES string of the molecule is CC(C(=O)Nc1nc2ccccc2[nH]1)C(N)=S. The van der Waals surface area contributed by atoms with E-state index in [1.165, 1.54) is 0 Å². The third kappa shape index (κ3) is 2.42. The van der Waals surface area contributed by atoms with Gasteiger partial charge in [0.15, 0.2) is 0 Å². The van der Waals surface area contributed by atoms with Crippen LogP contribution in [0.4, 0.5) is 5.95 Å². The summed E-state index contributed by atoms with van der Waals surface area (Å²) < 4.78 is 0. The van der Waals surface area contributed by atoms with Crippen LogP contribution in [0.3, 0.4) is 0 Å². The number of fused-ring (bicyclic) bond motifs is 1. The van der Waals surface area contributed by atoms with Gasteiger partial charge in [-0.15, -0.1) is 0 Å². The molecule has 6 heteroatoms. The van der Waals surface area contributed by atoms with Crippen LogP contribution < -0.4 is 11.1 Å². The van der Waals surface area contributed by atoms with E-state index in [9.17, 15) is 4.79 Å². The van der Waals surface area contributed by atoms with Gasteiger partial charge in [0.1, 0.15) is 0 Å². The van der Waals surface area contributed by atoms with Gasteiger partial charge in [0.05, 0.1) is 21.9 Å². The maximum atomic E-state index is 11.7. The number of carbonyl (C=O) groups is 1. The number of carbonyl (C=O) groups excluding carboxylic acids is 1. The van der Waals surface area contributed by atoms with Crippen molar-refractivity contribution in [3.05, 3.63) is 24.3 Å². The Kier molecular flexibility index (Phi) is 3.06. The van der Waals surface area contributed by atoms with Crippen LogP contribution in [0.5, 0.6) is 0 Å². The van der Waals surface area contributed by atoms with Gasteiger partial charge in [0.25, 0.3) is 0 Å². The summed E-state index contributed by atoms with van der Waals surface area (Å²) in [6.45, 7) is 1.65. The number of nitrogens with two attached hydrogens (primary N) is 1. The number of thiocarbonyl (C=S) groups is 1. The molecule has 0 aliphatic heterocycles. The molecule has 2 aromatic rings. The topological polar surface area (TPSA) is 83.8 Å². The summed E-state index contributed by atoms with van der Waals surface area (Å²) in [4.78, 5) is 19.1. The van der Waals surface area contributed by atoms with Crippen molar-refractivity contribution in [1.29, 1.82) is 0 Å². The van der Waals surface area contributed by atoms with Crippen LogP contribution in [-0.2, 0) is 4.79 Å². The highest BCUT2D eigenvalue weighted by molar-refractivity contribution is 7.80. The number of rotatable bonds is 3. The molecule has 1 heterocycles. The van der Waals surface area contributed by atoms with Crippen molar-refractivity contribution < 1.29 is 4.79 Å². The van der Waals surface area contributed by atoms with Crippen molar-refractivity contribution >= 4 is 40.1 Å². The molecule has 5 nitrogen and oxygen atoms in total. The molecule has 0 aliphatic rings. The summed E-state index contributed by atoms with van der Waals surface area (Å²) in [6.07, 6.45) is 0. The standard InChI is InChI=1S/C11H12N4OS/c1-6(9(12)17)10(16)15-11-13-7-4-2-3-5-8(7)14-11/h2-6H,1H3,(H2,12,17)(H2,13,14,15,16). The smallest absolute Gasteiger partial charge is 0.236 e. The monoisotopic (exact) mass is 248 g/mol. The zero-order valence-electron chi connectivity index (χ0n) is 9.23. The molecule has 1 amide bonds. The Morgan fingerprint density at radius 2 is 2.24 bits per heavy atom. The summed E-state index contributed by atoms with van der Waals surface area (Å²) in [6, 6.07) is 7.52. The van der Waals surface area contributed by atoms with Gasteiger partial charge in [0.2, 0.25) is 11.9 Å². The summed E-state index contributed by atoms with van der Waals surface area (Å²) >= 11 is 4.76. The van der Waals surface area contributed by atoms with Crippen LogP contribution in [0.25, 0.3) is 11.0 Å². The molecular formula is C11H12N4OS. The highest BCUT2D eigenvalue weighted by atomic mass is 32.1. The Morgan fingerprint density at radius 1 is 1.53 bits per heavy atom. The number of para-hydroxylation sites is 2. The number of aromatic nitrogens is 2. The van der Waals surface area contributed by atoms with Crippen molar-refractivity contribution in [2.75, 3.05) is 5.32 Å². The van der Waals surface area contributed by atoms with Crippen molar-refractivity contribution in [2.24, 2.45) is 11.7 Å². The van der Waals surface area contributed by atoms with Gasteiger partial charge in [0, 0.05) is 0 Å². The van der Waals surface area contributed by atoms with E-state index in [1.54, 1.807) is 6.92 Å². The summed E-state index contributed by atoms with van der Waals surface area (Å²) in [5.41, 5.74) is 7.07. The van der Waals surface area contributed by atoms with Crippen LogP contribution in [-0.4, -0.2) is 20.9 Å². The molecule has 17 heavy (non-hydrogen) atoms. The molecule has 4 N–H and O–H groups in total. The van der Waals surface area contributed by atoms with Crippen LogP contribution in [0.2, 0.25) is 0 Å². The lowest BCUT2D eigenvalue weighted by Gasteiger charge is -2.07. The minimum atomic E-state index is -0.516. The van der Waals surface area contributed by atoms with E-state index in [1.807, 2.05) is 24.3 Å². The Balaban J connectivity index is 2.19. The molecular weight excluding hydrogens is 236 g/mol. The number of anilines is 1. The molecule has 0 saturated heterocycles. The minimum Gasteiger partial charge on any atom is -0.393 e. The molecule has 1 aromatic carbocycles. The number of amides is 1. The molecule has 1 aromatic heterocycles. The van der Waals surface area contributed by atoms with E-state index < -0.39 is 5.92 Å². The van der Waals surface area contributed by atoms with E-state index in [-0.39, 0.29) is 10.9 Å². The normalized spacial score (nSPS) is 12.3. The number of nitrogens with one attached hydrogen (secondary N) is 2. The van der Waals surface area contributed by atoms with Crippen molar-refractivity contribution in [1.82, 2.24) is 9.97 Å². The van der Waals surface area contributed by atoms with Crippen LogP contribution in [0.1, 0.15) is 6.92 Å². The first-order valence-corrected chi connectivity index (χ1v) is 5.53. The molecule has 0 radical (unpaired) electrons. The lowest BCUT2D eigenvalue weighted by atomic mass is 10.2. The Labute approximate surface area is 103 Å². The number of nitrogens with zero attached hydrogens (tertiary/aromatic N) is 1. The third-order valence-electron chi connectivity index (χ3n) is 2.45. The molecule has 0 fully saturated rings. The zero-order chi connectivity index (χ0) is 12.4. The van der Waals surface area contributed by atoms with E-state index in [0.29, 0.717) is 5.95 Å². The first-order valence-electron chi connectivity index (χ1n) is 5.13. The molecule has 88 valence electrons. The van der Waals surface area contributed by atoms with Crippen LogP contribution in [0.15, 0.2) is 24.3 Å². The highest BCUT2D eigenvalue weighted by Gasteiger charge is 2.16. The summed E-state index contributed by atoms with van der Waals surface area (Å²) in [5, 5.41) is 2.64. The molecule has 0 spiro atoms. The van der Waals surface area contributed by atoms with Crippen molar-refractivity contribution in [2.45, 2.75) is 6.92 Å². The Bertz CT molecular complexity index is 545. The van der Waals surface area contributed by atoms with Gasteiger partial charge in [-0.2, -0.15) is 0 Å². The largest absolute Gasteiger partial charge is 0.393 e. The molecule has 2 rings (SSSR count). The number of hydrogen-bond acceptors (Lipinski definition) is 3. The number of imidazole rings is 1. The highest BCUT2D eigenvalue weighted by Crippen LogP contribution is 2.13. The second-order valence-corrected chi connectivity index (χ2v) is 4.19. The van der Waals surface area contributed by atoms with E-state index in [0.717, 1.165) is 11.0 Å². The fourth-order valence-corrected chi connectivity index (χ4v) is 1.47. The first kappa shape index (κ1) is 11.5. The molecule has 0 aliphatic carbocycles. The van der Waals surface area contributed by atoms with Gasteiger partial charge < -0.3 is 10.7 Å². The molecule has 1 atom stereocenters. The number of benzene rings is 1. The third-order valence-corrected chi connectivity index (χ3v) is 2.80. The van der Waals surface area contributed by atoms with E-state index >= 15 is 0 Å². The maximum Gasteiger partial charge on any atom is 0.236 e. The van der Waals surface area contributed by atoms with Gasteiger partial charge in [-0.3, -0.25) is 10.1 Å². The van der Waals surface area contributed by atoms with E-state index in [4.69, 9.17) is 18.0 Å². The summed E-state index contributed by atoms with van der Waals surface area (Å²) in [7, 11) is 0. The minimum absolute atomic E-state index is 0.165. The van der Waals surface area contributed by atoms with Gasteiger partial charge in [-0.1, -0.05) is 24.4 Å². The van der Waals surface area contributed by atoms with Gasteiger partial charge in [-0.05, 0) is 19.1 Å². The molecule has 0 saturated carbocycles. The van der Waals surface area contributed by atoms with E-state index in [2.05, 4.69) is 15.3 Å². The number of aromatic amines is 1. The Hall–Kier alpha value is -1.95. The average Bonchev–Trinajstić information content (AvgIpc) is 2.69. The maximum absolute atomic E-state index is 11.7. The lowest BCUT2D eigenvalue weighted by molar-refractivity contribution is -0.117. The molecule has 0 bridgehead atoms. The summed E-state index contributed by atoms with van der Waals surface area (Å²) in [5.74, 6) is -0.380.